The number of likely N-dealkylation sites (N-methyl/N-ethyl adjacent to an activating group) is 1. The lowest BCUT2D eigenvalue weighted by molar-refractivity contribution is -0.129. The number of anilines is 2. The molecule has 0 radical (unpaired) electrons. The third-order valence-corrected chi connectivity index (χ3v) is 3.61. The third-order valence-electron chi connectivity index (χ3n) is 3.61. The minimum atomic E-state index is 0.140. The summed E-state index contributed by atoms with van der Waals surface area (Å²) in [6, 6.07) is 6.18. The fourth-order valence-corrected chi connectivity index (χ4v) is 2.29. The summed E-state index contributed by atoms with van der Waals surface area (Å²) in [4.78, 5) is 16.0. The van der Waals surface area contributed by atoms with Gasteiger partial charge in [-0.1, -0.05) is 12.1 Å². The first-order valence-electron chi connectivity index (χ1n) is 6.38. The average molecular weight is 247 g/mol. The number of hydrogen-bond acceptors (Lipinski definition) is 3. The Bertz CT molecular complexity index is 456. The van der Waals surface area contributed by atoms with E-state index in [4.69, 9.17) is 5.73 Å². The van der Waals surface area contributed by atoms with Gasteiger partial charge < -0.3 is 15.5 Å². The molecule has 0 atom stereocenters. The lowest BCUT2D eigenvalue weighted by Crippen LogP contribution is -2.41. The lowest BCUT2D eigenvalue weighted by atomic mass is 10.1. The number of fused-ring (bicyclic) bond motifs is 1. The summed E-state index contributed by atoms with van der Waals surface area (Å²) >= 11 is 0. The minimum Gasteiger partial charge on any atom is -0.397 e. The molecule has 1 aliphatic rings. The number of para-hydroxylation sites is 1. The summed E-state index contributed by atoms with van der Waals surface area (Å²) in [5.41, 5.74) is 9.07. The number of hydrogen-bond donors (Lipinski definition) is 1. The van der Waals surface area contributed by atoms with E-state index in [1.165, 1.54) is 5.56 Å². The van der Waals surface area contributed by atoms with E-state index in [1.807, 2.05) is 33.0 Å². The second-order valence-corrected chi connectivity index (χ2v) is 5.12. The quantitative estimate of drug-likeness (QED) is 0.823. The molecule has 2 N–H and O–H groups in total. The minimum absolute atomic E-state index is 0.140. The van der Waals surface area contributed by atoms with Crippen molar-refractivity contribution in [1.29, 1.82) is 0 Å². The number of nitrogen functional groups attached to an aromatic ring is 1. The molecule has 18 heavy (non-hydrogen) atoms. The molecule has 0 saturated heterocycles. The highest BCUT2D eigenvalue weighted by atomic mass is 16.2. The summed E-state index contributed by atoms with van der Waals surface area (Å²) in [6.07, 6.45) is 0.971. The van der Waals surface area contributed by atoms with Crippen molar-refractivity contribution in [2.45, 2.75) is 26.3 Å². The Kier molecular flexibility index (Phi) is 3.45. The van der Waals surface area contributed by atoms with E-state index in [-0.39, 0.29) is 11.9 Å². The normalized spacial score (nSPS) is 13.9. The van der Waals surface area contributed by atoms with Crippen LogP contribution >= 0.6 is 0 Å². The molecule has 1 amide bonds. The third kappa shape index (κ3) is 2.28. The van der Waals surface area contributed by atoms with Gasteiger partial charge in [-0.3, -0.25) is 4.79 Å². The first kappa shape index (κ1) is 12.7. The van der Waals surface area contributed by atoms with Crippen molar-refractivity contribution in [3.05, 3.63) is 23.8 Å². The van der Waals surface area contributed by atoms with Gasteiger partial charge in [0.05, 0.1) is 17.9 Å². The molecule has 2 rings (SSSR count). The number of nitrogens with two attached hydrogens (primary N) is 1. The van der Waals surface area contributed by atoms with Crippen molar-refractivity contribution >= 4 is 17.3 Å². The SMILES string of the molecule is CC(C)N(C)C(=O)CN1CCc2cccc(N)c21. The number of carbonyl (C=O) groups excluding carboxylic acids is 1. The molecule has 0 spiro atoms. The van der Waals surface area contributed by atoms with Crippen LogP contribution in [-0.2, 0) is 11.2 Å². The van der Waals surface area contributed by atoms with Crippen molar-refractivity contribution in [2.75, 3.05) is 30.8 Å². The molecule has 98 valence electrons. The van der Waals surface area contributed by atoms with E-state index < -0.39 is 0 Å². The predicted octanol–water partition coefficient (Wildman–Crippen LogP) is 1.50. The Labute approximate surface area is 108 Å². The molecule has 1 heterocycles. The van der Waals surface area contributed by atoms with Crippen LogP contribution in [0.25, 0.3) is 0 Å². The Hall–Kier alpha value is -1.71. The number of nitrogens with zero attached hydrogens (tertiary/aromatic N) is 2. The van der Waals surface area contributed by atoms with Crippen LogP contribution < -0.4 is 10.6 Å². The standard InChI is InChI=1S/C14H21N3O/c1-10(2)16(3)13(18)9-17-8-7-11-5-4-6-12(15)14(11)17/h4-6,10H,7-9,15H2,1-3H3. The molecule has 4 heteroatoms. The topological polar surface area (TPSA) is 49.6 Å². The fourth-order valence-electron chi connectivity index (χ4n) is 2.29. The molecule has 0 saturated carbocycles. The zero-order chi connectivity index (χ0) is 13.3. The van der Waals surface area contributed by atoms with Gasteiger partial charge in [0.25, 0.3) is 0 Å². The first-order valence-corrected chi connectivity index (χ1v) is 6.38. The Morgan fingerprint density at radius 1 is 1.50 bits per heavy atom. The van der Waals surface area contributed by atoms with E-state index >= 15 is 0 Å². The van der Waals surface area contributed by atoms with Gasteiger partial charge in [0.15, 0.2) is 0 Å². The molecule has 0 aromatic heterocycles. The highest BCUT2D eigenvalue weighted by Crippen LogP contribution is 2.33. The Morgan fingerprint density at radius 3 is 2.89 bits per heavy atom. The van der Waals surface area contributed by atoms with Crippen molar-refractivity contribution in [1.82, 2.24) is 4.90 Å². The van der Waals surface area contributed by atoms with E-state index in [0.717, 1.165) is 24.3 Å². The van der Waals surface area contributed by atoms with Crippen LogP contribution in [0.4, 0.5) is 11.4 Å². The molecular formula is C14H21N3O. The molecule has 0 unspecified atom stereocenters. The second-order valence-electron chi connectivity index (χ2n) is 5.12. The molecule has 4 nitrogen and oxygen atoms in total. The summed E-state index contributed by atoms with van der Waals surface area (Å²) in [6.45, 7) is 5.32. The van der Waals surface area contributed by atoms with Crippen LogP contribution in [-0.4, -0.2) is 37.0 Å². The average Bonchev–Trinajstić information content (AvgIpc) is 2.72. The van der Waals surface area contributed by atoms with Gasteiger partial charge in [-0.15, -0.1) is 0 Å². The monoisotopic (exact) mass is 247 g/mol. The lowest BCUT2D eigenvalue weighted by Gasteiger charge is -2.26. The molecule has 0 fully saturated rings. The molecular weight excluding hydrogens is 226 g/mol. The van der Waals surface area contributed by atoms with Crippen molar-refractivity contribution < 1.29 is 4.79 Å². The van der Waals surface area contributed by atoms with Gasteiger partial charge in [0.1, 0.15) is 0 Å². The van der Waals surface area contributed by atoms with Crippen LogP contribution in [0, 0.1) is 0 Å². The van der Waals surface area contributed by atoms with E-state index in [0.29, 0.717) is 6.54 Å². The zero-order valence-corrected chi connectivity index (χ0v) is 11.3. The molecule has 0 bridgehead atoms. The van der Waals surface area contributed by atoms with Gasteiger partial charge >= 0.3 is 0 Å². The van der Waals surface area contributed by atoms with Gasteiger partial charge in [-0.05, 0) is 31.9 Å². The fraction of sp³-hybridized carbons (Fsp3) is 0.500. The van der Waals surface area contributed by atoms with Crippen molar-refractivity contribution in [3.63, 3.8) is 0 Å². The van der Waals surface area contributed by atoms with Crippen LogP contribution in [0.1, 0.15) is 19.4 Å². The number of benzene rings is 1. The summed E-state index contributed by atoms with van der Waals surface area (Å²) in [7, 11) is 1.85. The summed E-state index contributed by atoms with van der Waals surface area (Å²) in [5, 5.41) is 0. The van der Waals surface area contributed by atoms with Crippen molar-refractivity contribution in [2.24, 2.45) is 0 Å². The number of rotatable bonds is 3. The Balaban J connectivity index is 2.13. The van der Waals surface area contributed by atoms with Crippen LogP contribution in [0.2, 0.25) is 0 Å². The number of amides is 1. The summed E-state index contributed by atoms with van der Waals surface area (Å²) in [5.74, 6) is 0.140. The molecule has 1 aliphatic heterocycles. The zero-order valence-electron chi connectivity index (χ0n) is 11.3. The van der Waals surface area contributed by atoms with Crippen LogP contribution in [0.15, 0.2) is 18.2 Å². The highest BCUT2D eigenvalue weighted by Gasteiger charge is 2.24. The van der Waals surface area contributed by atoms with Crippen LogP contribution in [0.5, 0.6) is 0 Å². The van der Waals surface area contributed by atoms with E-state index in [2.05, 4.69) is 11.0 Å². The largest absolute Gasteiger partial charge is 0.397 e. The van der Waals surface area contributed by atoms with E-state index in [9.17, 15) is 4.79 Å². The highest BCUT2D eigenvalue weighted by molar-refractivity contribution is 5.85. The molecule has 1 aromatic rings. The maximum Gasteiger partial charge on any atom is 0.242 e. The second kappa shape index (κ2) is 4.88. The summed E-state index contributed by atoms with van der Waals surface area (Å²) < 4.78 is 0. The molecule has 0 aliphatic carbocycles. The van der Waals surface area contributed by atoms with Gasteiger partial charge in [0, 0.05) is 19.6 Å². The Morgan fingerprint density at radius 2 is 2.22 bits per heavy atom. The van der Waals surface area contributed by atoms with Crippen LogP contribution in [0.3, 0.4) is 0 Å². The van der Waals surface area contributed by atoms with Gasteiger partial charge in [0.2, 0.25) is 5.91 Å². The van der Waals surface area contributed by atoms with Crippen molar-refractivity contribution in [3.8, 4) is 0 Å². The number of carbonyl (C=O) groups is 1. The van der Waals surface area contributed by atoms with Gasteiger partial charge in [-0.2, -0.15) is 0 Å². The first-order chi connectivity index (χ1) is 8.50. The van der Waals surface area contributed by atoms with E-state index in [1.54, 1.807) is 4.90 Å². The molecule has 1 aromatic carbocycles. The van der Waals surface area contributed by atoms with Gasteiger partial charge in [-0.25, -0.2) is 0 Å². The maximum atomic E-state index is 12.1. The smallest absolute Gasteiger partial charge is 0.242 e. The predicted molar refractivity (Wildman–Crippen MR) is 74.7 cm³/mol. The maximum absolute atomic E-state index is 12.1.